The standard InChI is InChI=1S/C15H20ClN3OS/c16-13-6-4-12(5-7-13)14(20)18-15(21)17-8-11-19-9-2-1-3-10-19/h4-7H,1-3,8-11H2,(H2,17,18,20,21). The van der Waals surface area contributed by atoms with Crippen LogP contribution in [0.1, 0.15) is 29.6 Å². The summed E-state index contributed by atoms with van der Waals surface area (Å²) in [6.07, 6.45) is 3.88. The molecule has 0 saturated carbocycles. The van der Waals surface area contributed by atoms with Gasteiger partial charge in [-0.05, 0) is 62.4 Å². The van der Waals surface area contributed by atoms with Crippen molar-refractivity contribution in [1.82, 2.24) is 15.5 Å². The third-order valence-electron chi connectivity index (χ3n) is 3.50. The van der Waals surface area contributed by atoms with Crippen LogP contribution in [0.15, 0.2) is 24.3 Å². The van der Waals surface area contributed by atoms with Crippen LogP contribution in [0.5, 0.6) is 0 Å². The van der Waals surface area contributed by atoms with Gasteiger partial charge in [0, 0.05) is 23.7 Å². The maximum atomic E-state index is 11.9. The van der Waals surface area contributed by atoms with Gasteiger partial charge >= 0.3 is 0 Å². The molecule has 0 unspecified atom stereocenters. The molecule has 114 valence electrons. The van der Waals surface area contributed by atoms with Crippen LogP contribution < -0.4 is 10.6 Å². The van der Waals surface area contributed by atoms with Crippen LogP contribution in [0.4, 0.5) is 0 Å². The number of rotatable bonds is 4. The number of nitrogens with one attached hydrogen (secondary N) is 2. The molecular weight excluding hydrogens is 306 g/mol. The van der Waals surface area contributed by atoms with Crippen LogP contribution in [-0.2, 0) is 0 Å². The minimum atomic E-state index is -0.220. The van der Waals surface area contributed by atoms with Gasteiger partial charge in [-0.25, -0.2) is 0 Å². The number of piperidine rings is 1. The predicted molar refractivity (Wildman–Crippen MR) is 89.8 cm³/mol. The second kappa shape index (κ2) is 8.32. The number of nitrogens with zero attached hydrogens (tertiary/aromatic N) is 1. The SMILES string of the molecule is O=C(NC(=S)NCCN1CCCCC1)c1ccc(Cl)cc1. The number of hydrogen-bond donors (Lipinski definition) is 2. The first-order chi connectivity index (χ1) is 10.1. The summed E-state index contributed by atoms with van der Waals surface area (Å²) in [5.74, 6) is -0.220. The Morgan fingerprint density at radius 1 is 1.19 bits per heavy atom. The Hall–Kier alpha value is -1.17. The van der Waals surface area contributed by atoms with Gasteiger partial charge in [-0.1, -0.05) is 18.0 Å². The van der Waals surface area contributed by atoms with Gasteiger partial charge in [0.05, 0.1) is 0 Å². The Balaban J connectivity index is 1.68. The van der Waals surface area contributed by atoms with Gasteiger partial charge in [-0.15, -0.1) is 0 Å². The molecule has 1 aliphatic heterocycles. The van der Waals surface area contributed by atoms with Crippen LogP contribution in [0.3, 0.4) is 0 Å². The van der Waals surface area contributed by atoms with Crippen molar-refractivity contribution in [1.29, 1.82) is 0 Å². The number of benzene rings is 1. The summed E-state index contributed by atoms with van der Waals surface area (Å²) in [4.78, 5) is 14.4. The maximum Gasteiger partial charge on any atom is 0.257 e. The van der Waals surface area contributed by atoms with E-state index in [0.717, 1.165) is 26.2 Å². The quantitative estimate of drug-likeness (QED) is 0.835. The van der Waals surface area contributed by atoms with Crippen molar-refractivity contribution >= 4 is 34.8 Å². The van der Waals surface area contributed by atoms with E-state index in [1.54, 1.807) is 24.3 Å². The summed E-state index contributed by atoms with van der Waals surface area (Å²) in [5, 5.41) is 6.72. The molecule has 1 amide bonds. The van der Waals surface area contributed by atoms with Gasteiger partial charge < -0.3 is 10.2 Å². The summed E-state index contributed by atoms with van der Waals surface area (Å²) < 4.78 is 0. The lowest BCUT2D eigenvalue weighted by atomic mass is 10.1. The summed E-state index contributed by atoms with van der Waals surface area (Å²) in [6.45, 7) is 4.02. The van der Waals surface area contributed by atoms with E-state index < -0.39 is 0 Å². The van der Waals surface area contributed by atoms with Crippen LogP contribution in [0.2, 0.25) is 5.02 Å². The molecule has 4 nitrogen and oxygen atoms in total. The molecule has 0 spiro atoms. The van der Waals surface area contributed by atoms with Gasteiger partial charge in [0.2, 0.25) is 0 Å². The molecular formula is C15H20ClN3OS. The van der Waals surface area contributed by atoms with Crippen molar-refractivity contribution in [3.05, 3.63) is 34.9 Å². The molecule has 0 atom stereocenters. The number of hydrogen-bond acceptors (Lipinski definition) is 3. The molecule has 21 heavy (non-hydrogen) atoms. The number of thiocarbonyl (C=S) groups is 1. The summed E-state index contributed by atoms with van der Waals surface area (Å²) in [5.41, 5.74) is 0.541. The first-order valence-corrected chi connectivity index (χ1v) is 8.01. The van der Waals surface area contributed by atoms with E-state index in [0.29, 0.717) is 15.7 Å². The fraction of sp³-hybridized carbons (Fsp3) is 0.467. The summed E-state index contributed by atoms with van der Waals surface area (Å²) in [6, 6.07) is 6.72. The van der Waals surface area contributed by atoms with E-state index in [-0.39, 0.29) is 5.91 Å². The Morgan fingerprint density at radius 2 is 1.86 bits per heavy atom. The topological polar surface area (TPSA) is 44.4 Å². The third-order valence-corrected chi connectivity index (χ3v) is 3.99. The summed E-state index contributed by atoms with van der Waals surface area (Å²) in [7, 11) is 0. The zero-order chi connectivity index (χ0) is 15.1. The lowest BCUT2D eigenvalue weighted by Crippen LogP contribution is -2.43. The Bertz CT molecular complexity index is 486. The average molecular weight is 326 g/mol. The van der Waals surface area contributed by atoms with Gasteiger partial charge in [0.25, 0.3) is 5.91 Å². The Morgan fingerprint density at radius 3 is 2.52 bits per heavy atom. The fourth-order valence-electron chi connectivity index (χ4n) is 2.33. The zero-order valence-corrected chi connectivity index (χ0v) is 13.5. The van der Waals surface area contributed by atoms with Crippen molar-refractivity contribution in [2.45, 2.75) is 19.3 Å². The highest BCUT2D eigenvalue weighted by atomic mass is 35.5. The van der Waals surface area contributed by atoms with E-state index in [2.05, 4.69) is 15.5 Å². The highest BCUT2D eigenvalue weighted by Gasteiger charge is 2.10. The molecule has 1 aromatic carbocycles. The van der Waals surface area contributed by atoms with Crippen LogP contribution in [-0.4, -0.2) is 42.1 Å². The fourth-order valence-corrected chi connectivity index (χ4v) is 2.65. The number of amides is 1. The second-order valence-corrected chi connectivity index (χ2v) is 5.96. The van der Waals surface area contributed by atoms with E-state index in [4.69, 9.17) is 23.8 Å². The van der Waals surface area contributed by atoms with E-state index in [1.165, 1.54) is 19.3 Å². The van der Waals surface area contributed by atoms with Crippen LogP contribution >= 0.6 is 23.8 Å². The molecule has 1 heterocycles. The van der Waals surface area contributed by atoms with Crippen molar-refractivity contribution in [2.75, 3.05) is 26.2 Å². The highest BCUT2D eigenvalue weighted by molar-refractivity contribution is 7.80. The van der Waals surface area contributed by atoms with Gasteiger partial charge in [-0.2, -0.15) is 0 Å². The molecule has 0 bridgehead atoms. The third kappa shape index (κ3) is 5.61. The molecule has 0 radical (unpaired) electrons. The lowest BCUT2D eigenvalue weighted by molar-refractivity contribution is 0.0976. The first-order valence-electron chi connectivity index (χ1n) is 7.22. The molecule has 0 aliphatic carbocycles. The number of carbonyl (C=O) groups excluding carboxylic acids is 1. The predicted octanol–water partition coefficient (Wildman–Crippen LogP) is 2.43. The molecule has 1 fully saturated rings. The molecule has 2 N–H and O–H groups in total. The molecule has 1 aromatic rings. The van der Waals surface area contributed by atoms with Crippen molar-refractivity contribution < 1.29 is 4.79 Å². The largest absolute Gasteiger partial charge is 0.361 e. The zero-order valence-electron chi connectivity index (χ0n) is 11.9. The second-order valence-electron chi connectivity index (χ2n) is 5.12. The normalized spacial score (nSPS) is 15.5. The molecule has 1 aliphatic rings. The van der Waals surface area contributed by atoms with E-state index in [1.807, 2.05) is 0 Å². The van der Waals surface area contributed by atoms with Crippen molar-refractivity contribution in [3.8, 4) is 0 Å². The minimum absolute atomic E-state index is 0.220. The summed E-state index contributed by atoms with van der Waals surface area (Å²) >= 11 is 10.9. The maximum absolute atomic E-state index is 11.9. The van der Waals surface area contributed by atoms with Gasteiger partial charge in [0.1, 0.15) is 0 Å². The highest BCUT2D eigenvalue weighted by Crippen LogP contribution is 2.09. The monoisotopic (exact) mass is 325 g/mol. The number of likely N-dealkylation sites (tertiary alicyclic amines) is 1. The average Bonchev–Trinajstić information content (AvgIpc) is 2.49. The smallest absolute Gasteiger partial charge is 0.257 e. The van der Waals surface area contributed by atoms with Crippen LogP contribution in [0.25, 0.3) is 0 Å². The Labute approximate surface area is 135 Å². The number of halogens is 1. The van der Waals surface area contributed by atoms with E-state index in [9.17, 15) is 4.79 Å². The first kappa shape index (κ1) is 16.2. The molecule has 1 saturated heterocycles. The minimum Gasteiger partial charge on any atom is -0.361 e. The van der Waals surface area contributed by atoms with E-state index >= 15 is 0 Å². The van der Waals surface area contributed by atoms with Crippen molar-refractivity contribution in [2.24, 2.45) is 0 Å². The number of carbonyl (C=O) groups is 1. The van der Waals surface area contributed by atoms with Crippen LogP contribution in [0, 0.1) is 0 Å². The van der Waals surface area contributed by atoms with Crippen molar-refractivity contribution in [3.63, 3.8) is 0 Å². The molecule has 0 aromatic heterocycles. The Kier molecular flexibility index (Phi) is 6.42. The lowest BCUT2D eigenvalue weighted by Gasteiger charge is -2.26. The van der Waals surface area contributed by atoms with Gasteiger partial charge in [-0.3, -0.25) is 10.1 Å². The molecule has 6 heteroatoms. The molecule has 2 rings (SSSR count). The van der Waals surface area contributed by atoms with Gasteiger partial charge in [0.15, 0.2) is 5.11 Å².